The van der Waals surface area contributed by atoms with Gasteiger partial charge in [-0.3, -0.25) is 9.69 Å². The summed E-state index contributed by atoms with van der Waals surface area (Å²) >= 11 is 0. The number of piperidine rings is 1. The van der Waals surface area contributed by atoms with Crippen LogP contribution in [0.1, 0.15) is 39.5 Å². The van der Waals surface area contributed by atoms with Crippen LogP contribution < -0.4 is 5.32 Å². The van der Waals surface area contributed by atoms with E-state index in [9.17, 15) is 4.79 Å². The number of amides is 1. The first kappa shape index (κ1) is 15.8. The van der Waals surface area contributed by atoms with E-state index in [2.05, 4.69) is 35.0 Å². The number of nitrogens with one attached hydrogen (secondary N) is 1. The highest BCUT2D eigenvalue weighted by atomic mass is 16.2. The Morgan fingerprint density at radius 1 is 1.27 bits per heavy atom. The van der Waals surface area contributed by atoms with E-state index in [-0.39, 0.29) is 5.91 Å². The molecule has 0 spiro atoms. The van der Waals surface area contributed by atoms with E-state index < -0.39 is 0 Å². The molecule has 2 saturated heterocycles. The van der Waals surface area contributed by atoms with Crippen molar-refractivity contribution in [2.75, 3.05) is 32.7 Å². The van der Waals surface area contributed by atoms with Gasteiger partial charge in [-0.15, -0.1) is 0 Å². The molecule has 3 rings (SSSR count). The molecule has 4 nitrogen and oxygen atoms in total. The minimum atomic E-state index is 0.251. The van der Waals surface area contributed by atoms with E-state index >= 15 is 0 Å². The van der Waals surface area contributed by atoms with Crippen molar-refractivity contribution in [2.24, 2.45) is 0 Å². The van der Waals surface area contributed by atoms with Gasteiger partial charge in [-0.1, -0.05) is 17.7 Å². The van der Waals surface area contributed by atoms with Crippen molar-refractivity contribution in [3.8, 4) is 0 Å². The summed E-state index contributed by atoms with van der Waals surface area (Å²) in [7, 11) is 0. The van der Waals surface area contributed by atoms with Crippen LogP contribution in [0.2, 0.25) is 0 Å². The van der Waals surface area contributed by atoms with E-state index in [1.54, 1.807) is 0 Å². The molecular formula is C18H29N3O. The minimum Gasteiger partial charge on any atom is -0.339 e. The van der Waals surface area contributed by atoms with E-state index in [0.717, 1.165) is 64.0 Å². The molecule has 1 atom stereocenters. The van der Waals surface area contributed by atoms with Gasteiger partial charge in [0.25, 0.3) is 5.91 Å². The molecule has 1 N–H and O–H groups in total. The van der Waals surface area contributed by atoms with Crippen LogP contribution in [0.15, 0.2) is 23.3 Å². The van der Waals surface area contributed by atoms with Gasteiger partial charge in [-0.2, -0.15) is 0 Å². The van der Waals surface area contributed by atoms with E-state index in [0.29, 0.717) is 12.1 Å². The fraction of sp³-hybridized carbons (Fsp3) is 0.722. The molecule has 0 saturated carbocycles. The van der Waals surface area contributed by atoms with Gasteiger partial charge in [0, 0.05) is 50.4 Å². The van der Waals surface area contributed by atoms with Crippen LogP contribution in [0.3, 0.4) is 0 Å². The Morgan fingerprint density at radius 2 is 2.05 bits per heavy atom. The maximum atomic E-state index is 12.7. The van der Waals surface area contributed by atoms with Crippen molar-refractivity contribution >= 4 is 5.91 Å². The van der Waals surface area contributed by atoms with Gasteiger partial charge >= 0.3 is 0 Å². The van der Waals surface area contributed by atoms with Crippen molar-refractivity contribution in [3.63, 3.8) is 0 Å². The number of piperazine rings is 1. The van der Waals surface area contributed by atoms with Gasteiger partial charge < -0.3 is 10.2 Å². The first-order valence-electron chi connectivity index (χ1n) is 8.78. The normalized spacial score (nSPS) is 28.3. The quantitative estimate of drug-likeness (QED) is 0.847. The third kappa shape index (κ3) is 3.44. The molecule has 2 aliphatic heterocycles. The van der Waals surface area contributed by atoms with Gasteiger partial charge in [-0.05, 0) is 39.5 Å². The van der Waals surface area contributed by atoms with Crippen LogP contribution in [0.25, 0.3) is 0 Å². The third-order valence-electron chi connectivity index (χ3n) is 5.33. The van der Waals surface area contributed by atoms with Crippen LogP contribution in [0.4, 0.5) is 0 Å². The number of carbonyl (C=O) groups excluding carboxylic acids is 1. The van der Waals surface area contributed by atoms with Crippen LogP contribution in [-0.4, -0.2) is 60.5 Å². The Kier molecular flexibility index (Phi) is 4.99. The number of rotatable bonds is 2. The predicted molar refractivity (Wildman–Crippen MR) is 89.7 cm³/mol. The van der Waals surface area contributed by atoms with Crippen molar-refractivity contribution in [2.45, 2.75) is 51.6 Å². The second-order valence-electron chi connectivity index (χ2n) is 7.01. The summed E-state index contributed by atoms with van der Waals surface area (Å²) in [6.45, 7) is 9.57. The highest BCUT2D eigenvalue weighted by Crippen LogP contribution is 2.23. The molecule has 1 aliphatic carbocycles. The first-order valence-corrected chi connectivity index (χ1v) is 8.78. The van der Waals surface area contributed by atoms with Gasteiger partial charge in [0.1, 0.15) is 0 Å². The van der Waals surface area contributed by atoms with Crippen molar-refractivity contribution in [1.82, 2.24) is 15.1 Å². The molecule has 1 amide bonds. The molecule has 22 heavy (non-hydrogen) atoms. The van der Waals surface area contributed by atoms with Gasteiger partial charge in [0.05, 0.1) is 0 Å². The number of likely N-dealkylation sites (tertiary alicyclic amines) is 1. The molecule has 0 aromatic heterocycles. The van der Waals surface area contributed by atoms with Crippen molar-refractivity contribution in [3.05, 3.63) is 23.3 Å². The highest BCUT2D eigenvalue weighted by Gasteiger charge is 2.30. The zero-order valence-corrected chi connectivity index (χ0v) is 14.0. The lowest BCUT2D eigenvalue weighted by atomic mass is 9.96. The lowest BCUT2D eigenvalue weighted by Gasteiger charge is -2.42. The minimum absolute atomic E-state index is 0.251. The molecule has 0 aromatic carbocycles. The first-order chi connectivity index (χ1) is 10.6. The second-order valence-corrected chi connectivity index (χ2v) is 7.01. The molecule has 0 aromatic rings. The molecule has 2 fully saturated rings. The fourth-order valence-corrected chi connectivity index (χ4v) is 3.93. The third-order valence-corrected chi connectivity index (χ3v) is 5.33. The summed E-state index contributed by atoms with van der Waals surface area (Å²) in [4.78, 5) is 17.4. The average molecular weight is 303 g/mol. The van der Waals surface area contributed by atoms with Gasteiger partial charge in [0.2, 0.25) is 0 Å². The van der Waals surface area contributed by atoms with Gasteiger partial charge in [0.15, 0.2) is 0 Å². The number of allylic oxidation sites excluding steroid dienone is 2. The molecule has 122 valence electrons. The number of carbonyl (C=O) groups is 1. The van der Waals surface area contributed by atoms with Crippen molar-refractivity contribution < 1.29 is 4.79 Å². The average Bonchev–Trinajstić information content (AvgIpc) is 2.55. The summed E-state index contributed by atoms with van der Waals surface area (Å²) in [6, 6.07) is 1.25. The van der Waals surface area contributed by atoms with Crippen LogP contribution in [0.5, 0.6) is 0 Å². The van der Waals surface area contributed by atoms with E-state index in [1.165, 1.54) is 5.57 Å². The van der Waals surface area contributed by atoms with Gasteiger partial charge in [-0.25, -0.2) is 0 Å². The molecular weight excluding hydrogens is 274 g/mol. The zero-order valence-electron chi connectivity index (χ0n) is 14.0. The highest BCUT2D eigenvalue weighted by molar-refractivity contribution is 5.97. The summed E-state index contributed by atoms with van der Waals surface area (Å²) in [5, 5.41) is 3.51. The molecule has 0 radical (unpaired) electrons. The zero-order chi connectivity index (χ0) is 15.5. The Balaban J connectivity index is 1.55. The maximum Gasteiger partial charge on any atom is 0.253 e. The van der Waals surface area contributed by atoms with Crippen LogP contribution in [-0.2, 0) is 4.79 Å². The molecule has 0 bridgehead atoms. The lowest BCUT2D eigenvalue weighted by molar-refractivity contribution is -0.128. The van der Waals surface area contributed by atoms with Crippen LogP contribution >= 0.6 is 0 Å². The monoisotopic (exact) mass is 303 g/mol. The van der Waals surface area contributed by atoms with Crippen molar-refractivity contribution in [1.29, 1.82) is 0 Å². The number of hydrogen-bond donors (Lipinski definition) is 1. The predicted octanol–water partition coefficient (Wildman–Crippen LogP) is 1.94. The van der Waals surface area contributed by atoms with E-state index in [1.807, 2.05) is 6.08 Å². The summed E-state index contributed by atoms with van der Waals surface area (Å²) in [5.74, 6) is 0.251. The summed E-state index contributed by atoms with van der Waals surface area (Å²) in [6.07, 6.45) is 8.52. The fourth-order valence-electron chi connectivity index (χ4n) is 3.93. The number of hydrogen-bond acceptors (Lipinski definition) is 3. The Labute approximate surface area is 134 Å². The van der Waals surface area contributed by atoms with Crippen LogP contribution in [0, 0.1) is 0 Å². The standard InChI is InChI=1S/C18H29N3O/c1-14-5-3-4-6-17(14)18(22)20-10-7-16(8-11-20)21-12-9-19-15(2)13-21/h4,6,15-16,19H,3,5,7-13H2,1-2H3/t15-/m1/s1. The topological polar surface area (TPSA) is 35.6 Å². The molecule has 4 heteroatoms. The summed E-state index contributed by atoms with van der Waals surface area (Å²) < 4.78 is 0. The smallest absolute Gasteiger partial charge is 0.253 e. The SMILES string of the molecule is CC1=C(C(=O)N2CCC(N3CCN[C@H](C)C3)CC2)C=CCC1. The van der Waals surface area contributed by atoms with E-state index in [4.69, 9.17) is 0 Å². The number of nitrogens with zero attached hydrogens (tertiary/aromatic N) is 2. The molecule has 3 aliphatic rings. The molecule has 0 unspecified atom stereocenters. The summed E-state index contributed by atoms with van der Waals surface area (Å²) in [5.41, 5.74) is 2.20. The maximum absolute atomic E-state index is 12.7. The Hall–Kier alpha value is -1.13. The second kappa shape index (κ2) is 6.97. The lowest BCUT2D eigenvalue weighted by Crippen LogP contribution is -2.55. The largest absolute Gasteiger partial charge is 0.339 e. The molecule has 2 heterocycles. The Bertz CT molecular complexity index is 475. The Morgan fingerprint density at radius 3 is 2.73 bits per heavy atom.